The molecule has 0 saturated heterocycles. The minimum Gasteiger partial charge on any atom is -0.507 e. The van der Waals surface area contributed by atoms with Gasteiger partial charge in [-0.1, -0.05) is 17.7 Å². The normalized spacial score (nSPS) is 12.0. The zero-order valence-electron chi connectivity index (χ0n) is 13.4. The number of nitrogens with zero attached hydrogens (tertiary/aromatic N) is 1. The molecule has 0 unspecified atom stereocenters. The van der Waals surface area contributed by atoms with Crippen LogP contribution in [0, 0.1) is 0 Å². The summed E-state index contributed by atoms with van der Waals surface area (Å²) in [5.74, 6) is -0.615. The molecule has 0 aliphatic heterocycles. The van der Waals surface area contributed by atoms with Crippen molar-refractivity contribution in [3.63, 3.8) is 0 Å². The van der Waals surface area contributed by atoms with Gasteiger partial charge in [0.2, 0.25) is 10.0 Å². The van der Waals surface area contributed by atoms with E-state index in [0.717, 1.165) is 0 Å². The molecule has 0 fully saturated rings. The Labute approximate surface area is 150 Å². The van der Waals surface area contributed by atoms with Crippen LogP contribution in [-0.4, -0.2) is 32.2 Å². The van der Waals surface area contributed by atoms with E-state index in [0.29, 0.717) is 16.3 Å². The van der Waals surface area contributed by atoms with E-state index >= 15 is 0 Å². The fourth-order valence-electron chi connectivity index (χ4n) is 1.98. The van der Waals surface area contributed by atoms with Gasteiger partial charge in [-0.05, 0) is 50.4 Å². The second-order valence-corrected chi connectivity index (χ2v) is 7.36. The van der Waals surface area contributed by atoms with Crippen molar-refractivity contribution in [2.24, 2.45) is 5.10 Å². The molecule has 0 atom stereocenters. The second kappa shape index (κ2) is 7.64. The molecule has 0 aliphatic carbocycles. The van der Waals surface area contributed by atoms with E-state index in [-0.39, 0.29) is 16.2 Å². The summed E-state index contributed by atoms with van der Waals surface area (Å²) >= 11 is 5.88. The molecular formula is C16H16ClN3O4S. The Kier molecular flexibility index (Phi) is 5.78. The summed E-state index contributed by atoms with van der Waals surface area (Å²) in [6.45, 7) is 1.59. The summed E-state index contributed by atoms with van der Waals surface area (Å²) in [5, 5.41) is 14.1. The van der Waals surface area contributed by atoms with Gasteiger partial charge in [0.25, 0.3) is 5.91 Å². The first kappa shape index (κ1) is 18.9. The average Bonchev–Trinajstić information content (AvgIpc) is 2.61. The second-order valence-electron chi connectivity index (χ2n) is 5.04. The minimum atomic E-state index is -3.65. The third-order valence-electron chi connectivity index (χ3n) is 3.35. The highest BCUT2D eigenvalue weighted by Gasteiger charge is 2.14. The molecule has 3 N–H and O–H groups in total. The van der Waals surface area contributed by atoms with Crippen molar-refractivity contribution < 1.29 is 18.3 Å². The van der Waals surface area contributed by atoms with E-state index < -0.39 is 15.9 Å². The molecule has 132 valence electrons. The quantitative estimate of drug-likeness (QED) is 0.544. The van der Waals surface area contributed by atoms with E-state index in [4.69, 9.17) is 11.6 Å². The van der Waals surface area contributed by atoms with Gasteiger partial charge >= 0.3 is 0 Å². The number of benzene rings is 2. The van der Waals surface area contributed by atoms with Gasteiger partial charge in [0.1, 0.15) is 5.75 Å². The SMILES string of the molecule is CNS(=O)(=O)c1cccc(C(=O)N/N=C(/C)c2cc(Cl)ccc2O)c1. The number of hydrogen-bond acceptors (Lipinski definition) is 5. The van der Waals surface area contributed by atoms with Crippen LogP contribution in [0.15, 0.2) is 52.5 Å². The fourth-order valence-corrected chi connectivity index (χ4v) is 2.93. The van der Waals surface area contributed by atoms with Crippen LogP contribution in [0.5, 0.6) is 5.75 Å². The van der Waals surface area contributed by atoms with Gasteiger partial charge < -0.3 is 5.11 Å². The van der Waals surface area contributed by atoms with E-state index in [1.165, 1.54) is 49.5 Å². The first-order valence-corrected chi connectivity index (χ1v) is 8.98. The maximum absolute atomic E-state index is 12.2. The van der Waals surface area contributed by atoms with E-state index in [9.17, 15) is 18.3 Å². The maximum atomic E-state index is 12.2. The van der Waals surface area contributed by atoms with Gasteiger partial charge in [-0.15, -0.1) is 0 Å². The maximum Gasteiger partial charge on any atom is 0.271 e. The third kappa shape index (κ3) is 4.56. The monoisotopic (exact) mass is 381 g/mol. The summed E-state index contributed by atoms with van der Waals surface area (Å²) < 4.78 is 25.8. The number of phenolic OH excluding ortho intramolecular Hbond substituents is 1. The highest BCUT2D eigenvalue weighted by Crippen LogP contribution is 2.22. The van der Waals surface area contributed by atoms with E-state index in [1.807, 2.05) is 0 Å². The third-order valence-corrected chi connectivity index (χ3v) is 5.00. The van der Waals surface area contributed by atoms with Gasteiger partial charge in [0.05, 0.1) is 10.6 Å². The van der Waals surface area contributed by atoms with Crippen molar-refractivity contribution in [2.45, 2.75) is 11.8 Å². The number of aromatic hydroxyl groups is 1. The summed E-state index contributed by atoms with van der Waals surface area (Å²) in [5.41, 5.74) is 3.16. The zero-order chi connectivity index (χ0) is 18.6. The van der Waals surface area contributed by atoms with Crippen molar-refractivity contribution in [1.82, 2.24) is 10.1 Å². The summed E-state index contributed by atoms with van der Waals surface area (Å²) in [4.78, 5) is 12.1. The molecule has 0 bridgehead atoms. The topological polar surface area (TPSA) is 108 Å². The van der Waals surface area contributed by atoms with E-state index in [1.54, 1.807) is 6.92 Å². The molecule has 0 spiro atoms. The van der Waals surface area contributed by atoms with Crippen LogP contribution in [0.4, 0.5) is 0 Å². The number of nitrogens with one attached hydrogen (secondary N) is 2. The lowest BCUT2D eigenvalue weighted by atomic mass is 10.1. The molecular weight excluding hydrogens is 366 g/mol. The van der Waals surface area contributed by atoms with Gasteiger partial charge in [-0.25, -0.2) is 18.6 Å². The van der Waals surface area contributed by atoms with Crippen LogP contribution in [0.1, 0.15) is 22.8 Å². The van der Waals surface area contributed by atoms with Crippen LogP contribution in [0.25, 0.3) is 0 Å². The lowest BCUT2D eigenvalue weighted by molar-refractivity contribution is 0.0954. The lowest BCUT2D eigenvalue weighted by Gasteiger charge is -2.07. The molecule has 2 aromatic carbocycles. The van der Waals surface area contributed by atoms with Gasteiger partial charge in [0.15, 0.2) is 0 Å². The number of amides is 1. The Balaban J connectivity index is 2.23. The van der Waals surface area contributed by atoms with Crippen LogP contribution in [0.3, 0.4) is 0 Å². The Hall–Kier alpha value is -2.42. The van der Waals surface area contributed by atoms with Gasteiger partial charge in [0, 0.05) is 16.1 Å². The molecule has 1 amide bonds. The van der Waals surface area contributed by atoms with Crippen molar-refractivity contribution in [2.75, 3.05) is 7.05 Å². The molecule has 0 aromatic heterocycles. The molecule has 25 heavy (non-hydrogen) atoms. The molecule has 2 aromatic rings. The standard InChI is InChI=1S/C16H16ClN3O4S/c1-10(14-9-12(17)6-7-15(14)21)19-20-16(22)11-4-3-5-13(8-11)25(23,24)18-2/h3-9,18,21H,1-2H3,(H,20,22)/b19-10-. The number of sulfonamides is 1. The number of hydrogen-bond donors (Lipinski definition) is 3. The zero-order valence-corrected chi connectivity index (χ0v) is 15.0. The molecule has 9 heteroatoms. The Bertz CT molecular complexity index is 942. The Morgan fingerprint density at radius 2 is 1.92 bits per heavy atom. The molecule has 0 saturated carbocycles. The van der Waals surface area contributed by atoms with Crippen LogP contribution >= 0.6 is 11.6 Å². The van der Waals surface area contributed by atoms with Crippen molar-refractivity contribution >= 4 is 33.2 Å². The first-order valence-electron chi connectivity index (χ1n) is 7.11. The lowest BCUT2D eigenvalue weighted by Crippen LogP contribution is -2.22. The molecule has 2 rings (SSSR count). The highest BCUT2D eigenvalue weighted by atomic mass is 35.5. The molecule has 0 aliphatic rings. The average molecular weight is 382 g/mol. The van der Waals surface area contributed by atoms with Crippen molar-refractivity contribution in [3.8, 4) is 5.75 Å². The molecule has 0 heterocycles. The van der Waals surface area contributed by atoms with Crippen molar-refractivity contribution in [3.05, 3.63) is 58.6 Å². The number of hydrazone groups is 1. The smallest absolute Gasteiger partial charge is 0.271 e. The predicted octanol–water partition coefficient (Wildman–Crippen LogP) is 2.11. The fraction of sp³-hybridized carbons (Fsp3) is 0.125. The van der Waals surface area contributed by atoms with Gasteiger partial charge in [-0.2, -0.15) is 5.10 Å². The number of rotatable bonds is 5. The number of carbonyl (C=O) groups excluding carboxylic acids is 1. The molecule has 0 radical (unpaired) electrons. The Morgan fingerprint density at radius 3 is 2.60 bits per heavy atom. The Morgan fingerprint density at radius 1 is 1.20 bits per heavy atom. The highest BCUT2D eigenvalue weighted by molar-refractivity contribution is 7.89. The first-order chi connectivity index (χ1) is 11.7. The van der Waals surface area contributed by atoms with E-state index in [2.05, 4.69) is 15.2 Å². The number of halogens is 1. The molecule has 7 nitrogen and oxygen atoms in total. The number of carbonyl (C=O) groups is 1. The van der Waals surface area contributed by atoms with Crippen LogP contribution in [-0.2, 0) is 10.0 Å². The summed E-state index contributed by atoms with van der Waals surface area (Å²) in [6.07, 6.45) is 0. The predicted molar refractivity (Wildman–Crippen MR) is 95.5 cm³/mol. The van der Waals surface area contributed by atoms with Crippen molar-refractivity contribution in [1.29, 1.82) is 0 Å². The summed E-state index contributed by atoms with van der Waals surface area (Å²) in [7, 11) is -2.37. The minimum absolute atomic E-state index is 0.0259. The van der Waals surface area contributed by atoms with Crippen LogP contribution in [0.2, 0.25) is 5.02 Å². The number of phenols is 1. The van der Waals surface area contributed by atoms with Gasteiger partial charge in [-0.3, -0.25) is 4.79 Å². The summed E-state index contributed by atoms with van der Waals surface area (Å²) in [6, 6.07) is 10.0. The van der Waals surface area contributed by atoms with Crippen LogP contribution < -0.4 is 10.1 Å². The largest absolute Gasteiger partial charge is 0.507 e.